The van der Waals surface area contributed by atoms with Crippen molar-refractivity contribution in [2.75, 3.05) is 5.73 Å². The lowest BCUT2D eigenvalue weighted by atomic mass is 10.2. The summed E-state index contributed by atoms with van der Waals surface area (Å²) in [4.78, 5) is 12.8. The first-order valence-corrected chi connectivity index (χ1v) is 6.80. The van der Waals surface area contributed by atoms with Gasteiger partial charge in [0.1, 0.15) is 5.82 Å². The van der Waals surface area contributed by atoms with E-state index in [2.05, 4.69) is 21.2 Å². The lowest BCUT2D eigenvalue weighted by Crippen LogP contribution is -2.23. The number of thiophene rings is 1. The molecule has 18 heavy (non-hydrogen) atoms. The molecule has 3 N–H and O–H groups in total. The second kappa shape index (κ2) is 5.49. The summed E-state index contributed by atoms with van der Waals surface area (Å²) in [6.07, 6.45) is 0. The first-order chi connectivity index (χ1) is 8.58. The average Bonchev–Trinajstić information content (AvgIpc) is 2.75. The van der Waals surface area contributed by atoms with E-state index in [1.807, 2.05) is 11.4 Å². The van der Waals surface area contributed by atoms with Crippen molar-refractivity contribution in [2.24, 2.45) is 0 Å². The summed E-state index contributed by atoms with van der Waals surface area (Å²) in [5.74, 6) is -1.05. The fourth-order valence-electron chi connectivity index (χ4n) is 1.42. The summed E-state index contributed by atoms with van der Waals surface area (Å²) in [6, 6.07) is 5.83. The number of rotatable bonds is 3. The van der Waals surface area contributed by atoms with Crippen LogP contribution >= 0.6 is 27.3 Å². The molecule has 0 saturated carbocycles. The molecule has 1 amide bonds. The van der Waals surface area contributed by atoms with Crippen LogP contribution in [0.4, 0.5) is 10.1 Å². The maximum atomic E-state index is 13.4. The highest BCUT2D eigenvalue weighted by molar-refractivity contribution is 9.10. The number of nitrogens with two attached hydrogens (primary N) is 1. The summed E-state index contributed by atoms with van der Waals surface area (Å²) >= 11 is 4.88. The van der Waals surface area contributed by atoms with Crippen LogP contribution in [0.5, 0.6) is 0 Å². The minimum Gasteiger partial charge on any atom is -0.399 e. The van der Waals surface area contributed by atoms with Gasteiger partial charge in [-0.2, -0.15) is 0 Å². The fraction of sp³-hybridized carbons (Fsp3) is 0.0833. The summed E-state index contributed by atoms with van der Waals surface area (Å²) in [5, 5.41) is 4.57. The van der Waals surface area contributed by atoms with Crippen molar-refractivity contribution in [3.05, 3.63) is 50.4 Å². The van der Waals surface area contributed by atoms with Gasteiger partial charge in [-0.05, 0) is 45.6 Å². The zero-order valence-electron chi connectivity index (χ0n) is 9.24. The van der Waals surface area contributed by atoms with Crippen molar-refractivity contribution in [1.29, 1.82) is 0 Å². The van der Waals surface area contributed by atoms with E-state index >= 15 is 0 Å². The molecule has 0 aliphatic rings. The lowest BCUT2D eigenvalue weighted by molar-refractivity contribution is 0.0947. The fourth-order valence-corrected chi connectivity index (χ4v) is 2.86. The molecule has 2 rings (SSSR count). The highest BCUT2D eigenvalue weighted by atomic mass is 79.9. The van der Waals surface area contributed by atoms with Crippen LogP contribution in [0.3, 0.4) is 0 Å². The number of anilines is 1. The van der Waals surface area contributed by atoms with Gasteiger partial charge in [-0.1, -0.05) is 0 Å². The molecular weight excluding hydrogens is 319 g/mol. The van der Waals surface area contributed by atoms with Crippen molar-refractivity contribution in [3.63, 3.8) is 0 Å². The van der Waals surface area contributed by atoms with Crippen LogP contribution in [-0.2, 0) is 6.54 Å². The normalized spacial score (nSPS) is 10.3. The largest absolute Gasteiger partial charge is 0.399 e. The van der Waals surface area contributed by atoms with E-state index in [0.717, 1.165) is 9.35 Å². The van der Waals surface area contributed by atoms with E-state index in [1.54, 1.807) is 0 Å². The first kappa shape index (κ1) is 13.0. The minimum absolute atomic E-state index is 0.0392. The SMILES string of the molecule is Nc1ccc(F)c(C(=O)NCc2sccc2Br)c1. The van der Waals surface area contributed by atoms with E-state index in [9.17, 15) is 9.18 Å². The van der Waals surface area contributed by atoms with E-state index < -0.39 is 11.7 Å². The molecule has 0 unspecified atom stereocenters. The Balaban J connectivity index is 2.08. The van der Waals surface area contributed by atoms with Crippen molar-refractivity contribution in [2.45, 2.75) is 6.54 Å². The molecule has 6 heteroatoms. The van der Waals surface area contributed by atoms with Crippen LogP contribution < -0.4 is 11.1 Å². The van der Waals surface area contributed by atoms with Gasteiger partial charge in [0, 0.05) is 15.0 Å². The van der Waals surface area contributed by atoms with E-state index in [4.69, 9.17) is 5.73 Å². The zero-order chi connectivity index (χ0) is 13.1. The van der Waals surface area contributed by atoms with Crippen molar-refractivity contribution in [3.8, 4) is 0 Å². The Morgan fingerprint density at radius 1 is 1.44 bits per heavy atom. The van der Waals surface area contributed by atoms with Gasteiger partial charge in [-0.15, -0.1) is 11.3 Å². The second-order valence-electron chi connectivity index (χ2n) is 3.61. The van der Waals surface area contributed by atoms with Gasteiger partial charge < -0.3 is 11.1 Å². The second-order valence-corrected chi connectivity index (χ2v) is 5.47. The molecule has 0 bridgehead atoms. The van der Waals surface area contributed by atoms with Gasteiger partial charge >= 0.3 is 0 Å². The van der Waals surface area contributed by atoms with Crippen LogP contribution in [0, 0.1) is 5.82 Å². The first-order valence-electron chi connectivity index (χ1n) is 5.13. The third-order valence-electron chi connectivity index (χ3n) is 2.34. The van der Waals surface area contributed by atoms with Gasteiger partial charge in [0.25, 0.3) is 5.91 Å². The van der Waals surface area contributed by atoms with Gasteiger partial charge in [-0.25, -0.2) is 4.39 Å². The summed E-state index contributed by atoms with van der Waals surface area (Å²) in [5.41, 5.74) is 5.85. The quantitative estimate of drug-likeness (QED) is 0.850. The van der Waals surface area contributed by atoms with Gasteiger partial charge in [0.2, 0.25) is 0 Å². The monoisotopic (exact) mass is 328 g/mol. The predicted molar refractivity (Wildman–Crippen MR) is 74.0 cm³/mol. The van der Waals surface area contributed by atoms with E-state index in [0.29, 0.717) is 12.2 Å². The molecule has 0 aliphatic carbocycles. The number of nitrogens with one attached hydrogen (secondary N) is 1. The predicted octanol–water partition coefficient (Wildman–Crippen LogP) is 3.16. The van der Waals surface area contributed by atoms with Gasteiger partial charge in [-0.3, -0.25) is 4.79 Å². The number of carbonyl (C=O) groups excluding carboxylic acids is 1. The molecule has 0 spiro atoms. The number of amides is 1. The van der Waals surface area contributed by atoms with Crippen LogP contribution in [0.2, 0.25) is 0 Å². The van der Waals surface area contributed by atoms with Gasteiger partial charge in [0.15, 0.2) is 0 Å². The maximum Gasteiger partial charge on any atom is 0.254 e. The summed E-state index contributed by atoms with van der Waals surface area (Å²) < 4.78 is 14.4. The standard InChI is InChI=1S/C12H10BrFN2OS/c13-9-3-4-18-11(9)6-16-12(17)8-5-7(15)1-2-10(8)14/h1-5H,6,15H2,(H,16,17). The van der Waals surface area contributed by atoms with Crippen LogP contribution in [0.1, 0.15) is 15.2 Å². The number of benzene rings is 1. The molecule has 0 radical (unpaired) electrons. The molecular formula is C12H10BrFN2OS. The molecule has 94 valence electrons. The Labute approximate surface area is 116 Å². The van der Waals surface area contributed by atoms with Crippen molar-refractivity contribution < 1.29 is 9.18 Å². The molecule has 0 atom stereocenters. The van der Waals surface area contributed by atoms with E-state index in [-0.39, 0.29) is 5.56 Å². The third-order valence-corrected chi connectivity index (χ3v) is 4.26. The Hall–Kier alpha value is -1.40. The highest BCUT2D eigenvalue weighted by Gasteiger charge is 2.12. The van der Waals surface area contributed by atoms with Crippen LogP contribution in [0.15, 0.2) is 34.1 Å². The molecule has 2 aromatic rings. The van der Waals surface area contributed by atoms with E-state index in [1.165, 1.54) is 29.5 Å². The third kappa shape index (κ3) is 2.88. The molecule has 0 fully saturated rings. The number of carbonyl (C=O) groups is 1. The Kier molecular flexibility index (Phi) is 3.98. The zero-order valence-corrected chi connectivity index (χ0v) is 11.6. The highest BCUT2D eigenvalue weighted by Crippen LogP contribution is 2.22. The van der Waals surface area contributed by atoms with Crippen molar-refractivity contribution in [1.82, 2.24) is 5.32 Å². The average molecular weight is 329 g/mol. The Bertz CT molecular complexity index is 585. The molecule has 0 saturated heterocycles. The number of halogens is 2. The van der Waals surface area contributed by atoms with Crippen molar-refractivity contribution >= 4 is 38.9 Å². The lowest BCUT2D eigenvalue weighted by Gasteiger charge is -2.06. The summed E-state index contributed by atoms with van der Waals surface area (Å²) in [6.45, 7) is 0.353. The molecule has 3 nitrogen and oxygen atoms in total. The topological polar surface area (TPSA) is 55.1 Å². The molecule has 1 aromatic carbocycles. The summed E-state index contributed by atoms with van der Waals surface area (Å²) in [7, 11) is 0. The molecule has 1 aromatic heterocycles. The molecule has 0 aliphatic heterocycles. The Morgan fingerprint density at radius 2 is 2.22 bits per heavy atom. The minimum atomic E-state index is -0.577. The van der Waals surface area contributed by atoms with Gasteiger partial charge in [0.05, 0.1) is 12.1 Å². The number of hydrogen-bond acceptors (Lipinski definition) is 3. The number of nitrogen functional groups attached to an aromatic ring is 1. The Morgan fingerprint density at radius 3 is 2.89 bits per heavy atom. The smallest absolute Gasteiger partial charge is 0.254 e. The van der Waals surface area contributed by atoms with Crippen LogP contribution in [0.25, 0.3) is 0 Å². The number of hydrogen-bond donors (Lipinski definition) is 2. The molecule has 1 heterocycles. The van der Waals surface area contributed by atoms with Crippen LogP contribution in [-0.4, -0.2) is 5.91 Å². The maximum absolute atomic E-state index is 13.4.